The molecule has 9 aromatic rings. The fourth-order valence-electron chi connectivity index (χ4n) is 12.5. The van der Waals surface area contributed by atoms with Gasteiger partial charge in [0.1, 0.15) is 70.5 Å². The lowest BCUT2D eigenvalue weighted by Gasteiger charge is -2.36. The van der Waals surface area contributed by atoms with E-state index in [0.717, 1.165) is 217 Å². The minimum absolute atomic E-state index is 0.160. The van der Waals surface area contributed by atoms with E-state index in [1.165, 1.54) is 57.7 Å². The Morgan fingerprint density at radius 3 is 1.25 bits per heavy atom. The predicted molar refractivity (Wildman–Crippen MR) is 466 cm³/mol. The maximum Gasteiger partial charge on any atom is 0.410 e. The largest absolute Gasteiger partial charge is 0.497 e. The number of carbonyl (C=O) groups is 3. The molecule has 2 N–H and O–H groups in total. The number of fused-ring (bicyclic) bond motifs is 4. The van der Waals surface area contributed by atoms with Gasteiger partial charge in [0.05, 0.1) is 111 Å². The minimum atomic E-state index is -0.472. The molecular weight excluding hydrogens is 1700 g/mol. The van der Waals surface area contributed by atoms with Gasteiger partial charge in [-0.2, -0.15) is 4.99 Å². The van der Waals surface area contributed by atoms with Crippen LogP contribution in [0.5, 0.6) is 5.75 Å². The zero-order valence-electron chi connectivity index (χ0n) is 67.4. The molecule has 7 fully saturated rings. The summed E-state index contributed by atoms with van der Waals surface area (Å²) in [6, 6.07) is 15.6. The summed E-state index contributed by atoms with van der Waals surface area (Å²) in [5.74, 6) is 3.79. The maximum atomic E-state index is 12.3. The fourth-order valence-corrected chi connectivity index (χ4v) is 18.1. The second-order valence-electron chi connectivity index (χ2n) is 30.3. The Balaban J connectivity index is 0.000000148. The number of piperidine rings is 1. The second kappa shape index (κ2) is 43.7. The Kier molecular flexibility index (Phi) is 34.1. The Hall–Kier alpha value is -7.58. The van der Waals surface area contributed by atoms with Gasteiger partial charge in [0, 0.05) is 131 Å². The molecule has 8 aromatic heterocycles. The number of ether oxygens (including phenoxy) is 7. The van der Waals surface area contributed by atoms with Crippen LogP contribution in [0.1, 0.15) is 100 Å². The molecule has 0 unspecified atom stereocenters. The normalized spacial score (nSPS) is 17.1. The van der Waals surface area contributed by atoms with Crippen molar-refractivity contribution in [3.63, 3.8) is 0 Å². The van der Waals surface area contributed by atoms with E-state index < -0.39 is 11.2 Å². The molecule has 0 radical (unpaired) electrons. The highest BCUT2D eigenvalue weighted by molar-refractivity contribution is 9.11. The van der Waals surface area contributed by atoms with E-state index in [1.807, 2.05) is 117 Å². The van der Waals surface area contributed by atoms with Crippen LogP contribution in [0.25, 0.3) is 40.9 Å². The first-order chi connectivity index (χ1) is 55.2. The van der Waals surface area contributed by atoms with Crippen molar-refractivity contribution >= 4 is 181 Å². The third-order valence-electron chi connectivity index (χ3n) is 18.3. The van der Waals surface area contributed by atoms with Crippen LogP contribution in [-0.2, 0) is 33.2 Å². The minimum Gasteiger partial charge on any atom is -0.497 e. The Morgan fingerprint density at radius 1 is 0.470 bits per heavy atom. The number of carbonyl (C=O) groups excluding carboxylic acids is 4. The molecule has 16 rings (SSSR count). The molecule has 30 nitrogen and oxygen atoms in total. The van der Waals surface area contributed by atoms with E-state index >= 15 is 0 Å². The van der Waals surface area contributed by atoms with Crippen LogP contribution >= 0.6 is 88.8 Å². The lowest BCUT2D eigenvalue weighted by Crippen LogP contribution is -2.50. The van der Waals surface area contributed by atoms with Gasteiger partial charge in [-0.1, -0.05) is 23.7 Å². The molecule has 1 aromatic carbocycles. The summed E-state index contributed by atoms with van der Waals surface area (Å²) in [6.45, 7) is 40.5. The monoisotopic (exact) mass is 1810 g/mol. The van der Waals surface area contributed by atoms with Crippen LogP contribution < -0.4 is 39.9 Å². The Labute approximate surface area is 710 Å². The number of benzene rings is 1. The summed E-state index contributed by atoms with van der Waals surface area (Å²) >= 11 is 19.4. The number of rotatable bonds is 8. The summed E-state index contributed by atoms with van der Waals surface area (Å²) in [6.07, 6.45) is 11.1. The lowest BCUT2D eigenvalue weighted by atomic mass is 10.1. The van der Waals surface area contributed by atoms with Gasteiger partial charge in [-0.3, -0.25) is 0 Å². The van der Waals surface area contributed by atoms with Crippen molar-refractivity contribution in [1.29, 1.82) is 0 Å². The zero-order valence-corrected chi connectivity index (χ0v) is 74.6. The molecule has 3 amide bonds. The number of nitrogens with zero attached hydrogens (tertiary/aromatic N) is 17. The molecule has 115 heavy (non-hydrogen) atoms. The number of methoxy groups -OCH3 is 1. The number of anilines is 5. The molecule has 0 saturated carbocycles. The first kappa shape index (κ1) is 89.8. The Morgan fingerprint density at radius 2 is 0.852 bits per heavy atom. The van der Waals surface area contributed by atoms with Crippen molar-refractivity contribution in [3.05, 3.63) is 92.1 Å². The number of nitrogens with one attached hydrogen (secondary N) is 2. The van der Waals surface area contributed by atoms with Crippen LogP contribution in [0.2, 0.25) is 5.15 Å². The van der Waals surface area contributed by atoms with Crippen molar-refractivity contribution in [2.45, 2.75) is 111 Å². The van der Waals surface area contributed by atoms with Crippen LogP contribution in [0.4, 0.5) is 41.8 Å². The number of aliphatic imine (C=N–C) groups is 1. The molecule has 7 saturated heterocycles. The number of halogens is 3. The van der Waals surface area contributed by atoms with E-state index in [0.29, 0.717) is 31.3 Å². The maximum absolute atomic E-state index is 12.3. The highest BCUT2D eigenvalue weighted by Crippen LogP contribution is 2.40. The van der Waals surface area contributed by atoms with Crippen molar-refractivity contribution in [3.8, 4) is 5.75 Å². The standard InChI is InChI=1S/C19H27N5O3S.C15H19BrN4O2S.C15H20N4OS.C10H11NO2.C9H18N2O2.C6H2BrClN2S.C4H9NO/c1-19(2,3)27-18(25)24-6-4-23(5-7-24)17-16-14(20-13-21-17)12-15(28-16)22-8-10-26-11-9-22;1-15(2,3)22-14(21)20-6-4-19(5-7-20)13-12-10(17-9-18-13)8-11(16)23-12;1-2-4-19(5-3-1)15-14-12(16-11-17-15)10-13(21-14)18-6-8-20-9-7-18;1-8(11-7-12)9-4-3-5-10(6-9)13-2;1-9(2,3)13-8(12)11-6-4-10-5-7-11;7-4-1-3-5(11-4)6(8)10-2-9-3;1-3-6-4-2-5-1/h12-13H,4-11H2,1-3H3;8-9H,4-7H2,1-3H3;10-11H,1-9H2;3-6,8H,1-2H3;10H,4-7H2,1-3H3;1-2H;5H,1-4H2/t;;;8-;;;/m...0.../s1. The van der Waals surface area contributed by atoms with E-state index in [-0.39, 0.29) is 29.9 Å². The third-order valence-corrected chi connectivity index (χ3v) is 24.3. The molecule has 0 bridgehead atoms. The van der Waals surface area contributed by atoms with Crippen molar-refractivity contribution < 1.29 is 52.3 Å². The van der Waals surface area contributed by atoms with Crippen LogP contribution in [0, 0.1) is 0 Å². The van der Waals surface area contributed by atoms with E-state index in [2.05, 4.69) is 124 Å². The number of morpholine rings is 3. The van der Waals surface area contributed by atoms with Crippen molar-refractivity contribution in [2.75, 3.05) is 202 Å². The van der Waals surface area contributed by atoms with Crippen molar-refractivity contribution in [1.82, 2.24) is 65.2 Å². The smallest absolute Gasteiger partial charge is 0.410 e. The zero-order chi connectivity index (χ0) is 82.1. The molecule has 624 valence electrons. The molecule has 0 spiro atoms. The van der Waals surface area contributed by atoms with E-state index in [1.54, 1.807) is 63.5 Å². The molecule has 7 aliphatic heterocycles. The average Bonchev–Trinajstić information content (AvgIpc) is 1.67. The quantitative estimate of drug-likeness (QED) is 0.0618. The van der Waals surface area contributed by atoms with Crippen molar-refractivity contribution in [2.24, 2.45) is 4.99 Å². The third kappa shape index (κ3) is 27.8. The van der Waals surface area contributed by atoms with Gasteiger partial charge >= 0.3 is 18.3 Å². The van der Waals surface area contributed by atoms with E-state index in [4.69, 9.17) is 44.8 Å². The number of amides is 3. The summed E-state index contributed by atoms with van der Waals surface area (Å²) in [5, 5.41) is 9.38. The number of piperazine rings is 3. The number of thiophene rings is 4. The fraction of sp³-hybridized carbons (Fsp3) is 0.564. The topological polar surface area (TPSA) is 298 Å². The van der Waals surface area contributed by atoms with Gasteiger partial charge < -0.3 is 83.0 Å². The predicted octanol–water partition coefficient (Wildman–Crippen LogP) is 14.2. The SMILES string of the molecule is C1COCCN1.CC(C)(C)OC(=O)N1CCN(c2ncnc3cc(Br)sc23)CC1.CC(C)(C)OC(=O)N1CCN(c2ncnc3cc(N4CCOCC4)sc23)CC1.CC(C)(C)OC(=O)N1CCNCC1.COc1cccc([C@H](C)N=C=O)c1.Clc1ncnc2cc(Br)sc12.c1nc(N2CCCCC2)c2sc(N3CCOCC3)cc2n1. The van der Waals surface area contributed by atoms with Gasteiger partial charge in [-0.05, 0) is 162 Å². The second-order valence-corrected chi connectivity index (χ2v) is 37.6. The summed E-state index contributed by atoms with van der Waals surface area (Å²) < 4.78 is 43.5. The van der Waals surface area contributed by atoms with Gasteiger partial charge in [0.2, 0.25) is 6.08 Å². The van der Waals surface area contributed by atoms with Crippen LogP contribution in [-0.4, -0.2) is 273 Å². The molecule has 37 heteroatoms. The Bertz CT molecular complexity index is 4600. The summed E-state index contributed by atoms with van der Waals surface area (Å²) in [4.78, 5) is 101. The average molecular weight is 1810 g/mol. The molecular formula is C78H106Br2ClN19O11S4. The lowest BCUT2D eigenvalue weighted by molar-refractivity contribution is 0.0221. The number of isocyanates is 1. The molecule has 15 heterocycles. The first-order valence-electron chi connectivity index (χ1n) is 38.7. The first-order valence-corrected chi connectivity index (χ1v) is 43.9. The number of hydrogen-bond donors (Lipinski definition) is 2. The number of aromatic nitrogens is 8. The highest BCUT2D eigenvalue weighted by Gasteiger charge is 2.31. The van der Waals surface area contributed by atoms with Gasteiger partial charge in [-0.15, -0.1) is 45.3 Å². The van der Waals surface area contributed by atoms with Gasteiger partial charge in [-0.25, -0.2) is 59.0 Å². The van der Waals surface area contributed by atoms with Gasteiger partial charge in [0.15, 0.2) is 0 Å². The molecule has 0 aliphatic carbocycles. The van der Waals surface area contributed by atoms with Crippen LogP contribution in [0.15, 0.2) is 86.4 Å². The van der Waals surface area contributed by atoms with Crippen LogP contribution in [0.3, 0.4) is 0 Å². The summed E-state index contributed by atoms with van der Waals surface area (Å²) in [7, 11) is 1.60. The number of hydrogen-bond acceptors (Lipinski definition) is 31. The van der Waals surface area contributed by atoms with Gasteiger partial charge in [0.25, 0.3) is 0 Å². The molecule has 7 aliphatic rings. The van der Waals surface area contributed by atoms with E-state index in [9.17, 15) is 19.2 Å². The molecule has 1 atom stereocenters. The summed E-state index contributed by atoms with van der Waals surface area (Å²) in [5.41, 5.74) is 3.52. The highest BCUT2D eigenvalue weighted by atomic mass is 79.9.